The number of likely N-dealkylation sites (N-methyl/N-ethyl adjacent to an activating group) is 1. The van der Waals surface area contributed by atoms with Gasteiger partial charge in [0.1, 0.15) is 17.1 Å². The highest BCUT2D eigenvalue weighted by molar-refractivity contribution is 6.08. The van der Waals surface area contributed by atoms with Gasteiger partial charge in [0, 0.05) is 36.6 Å². The van der Waals surface area contributed by atoms with Crippen molar-refractivity contribution in [2.75, 3.05) is 13.7 Å². The van der Waals surface area contributed by atoms with Crippen molar-refractivity contribution in [2.24, 2.45) is 22.2 Å². The lowest BCUT2D eigenvalue weighted by Crippen LogP contribution is -2.30. The quantitative estimate of drug-likeness (QED) is 0.129. The van der Waals surface area contributed by atoms with Crippen LogP contribution in [0, 0.1) is 17.3 Å². The maximum Gasteiger partial charge on any atom is 0.306 e. The Morgan fingerprint density at radius 3 is 2.15 bits per heavy atom. The number of carbonyl (C=O) groups excluding carboxylic acids is 2. The minimum absolute atomic E-state index is 0.0210. The maximum absolute atomic E-state index is 13.2. The molecule has 0 aromatic heterocycles. The molecule has 0 saturated heterocycles. The van der Waals surface area contributed by atoms with Gasteiger partial charge in [-0.1, -0.05) is 53.2 Å². The fourth-order valence-corrected chi connectivity index (χ4v) is 4.77. The van der Waals surface area contributed by atoms with Gasteiger partial charge in [-0.15, -0.1) is 0 Å². The van der Waals surface area contributed by atoms with Gasteiger partial charge in [0.05, 0.1) is 12.2 Å². The summed E-state index contributed by atoms with van der Waals surface area (Å²) in [5.41, 5.74) is 2.01. The first kappa shape index (κ1) is 35.8. The van der Waals surface area contributed by atoms with E-state index in [0.29, 0.717) is 25.1 Å². The third kappa shape index (κ3) is 12.5. The normalized spacial score (nSPS) is 18.8. The summed E-state index contributed by atoms with van der Waals surface area (Å²) in [4.78, 5) is 32.7. The highest BCUT2D eigenvalue weighted by Crippen LogP contribution is 2.35. The second kappa shape index (κ2) is 15.1. The van der Waals surface area contributed by atoms with Gasteiger partial charge >= 0.3 is 5.97 Å². The minimum Gasteiger partial charge on any atom is -0.460 e. The number of amidine groups is 1. The van der Waals surface area contributed by atoms with Crippen molar-refractivity contribution in [1.82, 2.24) is 4.90 Å². The number of ether oxygens (including phenoxy) is 2. The molecule has 0 saturated carbocycles. The predicted molar refractivity (Wildman–Crippen MR) is 167 cm³/mol. The molecule has 0 amide bonds. The van der Waals surface area contributed by atoms with Crippen LogP contribution in [0.3, 0.4) is 0 Å². The fraction of sp³-hybridized carbons (Fsp3) is 0.735. The van der Waals surface area contributed by atoms with Crippen LogP contribution in [0.5, 0.6) is 0 Å². The first-order chi connectivity index (χ1) is 18.3. The molecule has 2 unspecified atom stereocenters. The summed E-state index contributed by atoms with van der Waals surface area (Å²) in [7, 11) is 2.03. The number of unbranched alkanes of at least 4 members (excludes halogenated alkanes) is 1. The molecular formula is C34H58N2O4. The van der Waals surface area contributed by atoms with Crippen LogP contribution in [0.1, 0.15) is 122 Å². The zero-order valence-corrected chi connectivity index (χ0v) is 27.9. The van der Waals surface area contributed by atoms with E-state index in [1.807, 2.05) is 61.6 Å². The minimum atomic E-state index is -0.493. The highest BCUT2D eigenvalue weighted by atomic mass is 16.6. The Hall–Kier alpha value is -2.21. The molecule has 0 fully saturated rings. The third-order valence-electron chi connectivity index (χ3n) is 6.88. The van der Waals surface area contributed by atoms with Crippen LogP contribution >= 0.6 is 0 Å². The van der Waals surface area contributed by atoms with Gasteiger partial charge in [0.2, 0.25) is 0 Å². The van der Waals surface area contributed by atoms with Gasteiger partial charge in [0.25, 0.3) is 0 Å². The van der Waals surface area contributed by atoms with E-state index in [1.54, 1.807) is 0 Å². The molecule has 228 valence electrons. The Bertz CT molecular complexity index is 981. The van der Waals surface area contributed by atoms with Crippen LogP contribution in [0.25, 0.3) is 0 Å². The van der Waals surface area contributed by atoms with E-state index in [-0.39, 0.29) is 34.6 Å². The molecule has 40 heavy (non-hydrogen) atoms. The number of allylic oxidation sites excluding steroid dienone is 4. The summed E-state index contributed by atoms with van der Waals surface area (Å²) >= 11 is 0. The van der Waals surface area contributed by atoms with Gasteiger partial charge in [-0.3, -0.25) is 9.59 Å². The number of hydrogen-bond acceptors (Lipinski definition) is 5. The molecular weight excluding hydrogens is 500 g/mol. The van der Waals surface area contributed by atoms with Gasteiger partial charge in [0.15, 0.2) is 5.78 Å². The van der Waals surface area contributed by atoms with E-state index >= 15 is 0 Å². The molecule has 6 heteroatoms. The van der Waals surface area contributed by atoms with Crippen molar-refractivity contribution >= 4 is 17.6 Å². The van der Waals surface area contributed by atoms with Crippen LogP contribution < -0.4 is 0 Å². The summed E-state index contributed by atoms with van der Waals surface area (Å²) in [6, 6.07) is 0. The molecule has 1 heterocycles. The number of rotatable bonds is 13. The van der Waals surface area contributed by atoms with E-state index in [9.17, 15) is 9.59 Å². The summed E-state index contributed by atoms with van der Waals surface area (Å²) in [6.07, 6.45) is 10.4. The summed E-state index contributed by atoms with van der Waals surface area (Å²) in [5, 5.41) is 0. The molecule has 0 N–H and O–H groups in total. The van der Waals surface area contributed by atoms with E-state index in [4.69, 9.17) is 14.5 Å². The number of aliphatic imine (C=N–C) groups is 1. The Morgan fingerprint density at radius 1 is 1.02 bits per heavy atom. The van der Waals surface area contributed by atoms with Gasteiger partial charge < -0.3 is 14.4 Å². The Labute approximate surface area is 245 Å². The number of nitrogens with zero attached hydrogens (tertiary/aromatic N) is 2. The van der Waals surface area contributed by atoms with Crippen molar-refractivity contribution in [2.45, 2.75) is 133 Å². The number of ketones is 1. The highest BCUT2D eigenvalue weighted by Gasteiger charge is 2.31. The lowest BCUT2D eigenvalue weighted by atomic mass is 9.87. The monoisotopic (exact) mass is 558 g/mol. The smallest absolute Gasteiger partial charge is 0.306 e. The summed E-state index contributed by atoms with van der Waals surface area (Å²) < 4.78 is 11.7. The van der Waals surface area contributed by atoms with Gasteiger partial charge in [-0.25, -0.2) is 4.99 Å². The zero-order valence-electron chi connectivity index (χ0n) is 27.9. The third-order valence-corrected chi connectivity index (χ3v) is 6.88. The molecule has 2 atom stereocenters. The van der Waals surface area contributed by atoms with E-state index in [1.165, 1.54) is 5.70 Å². The standard InChI is InChI=1S/C34H58N2O4/c1-14-18-25-22-29(32(4,5)6)36(13)31(25)35-27(15-2)28(37)20-17-16-19-26(23-39-33(7,8)9)24(3)21-30(38)40-34(10,11)12/h15,18,22,24,26H,14,16-17,19-21,23H2,1-13H3/b25-18-,27-15-,35-31+. The average Bonchev–Trinajstić information content (AvgIpc) is 3.10. The van der Waals surface area contributed by atoms with E-state index in [0.717, 1.165) is 37.1 Å². The van der Waals surface area contributed by atoms with E-state index in [2.05, 4.69) is 51.7 Å². The summed E-state index contributed by atoms with van der Waals surface area (Å²) in [6.45, 7) is 25.1. The van der Waals surface area contributed by atoms with E-state index < -0.39 is 5.60 Å². The van der Waals surface area contributed by atoms with Crippen LogP contribution in [0.2, 0.25) is 0 Å². The topological polar surface area (TPSA) is 68.2 Å². The Balaban J connectivity index is 2.86. The number of esters is 1. The number of carbonyl (C=O) groups is 2. The molecule has 0 aromatic carbocycles. The van der Waals surface area contributed by atoms with Crippen molar-refractivity contribution < 1.29 is 19.1 Å². The van der Waals surface area contributed by atoms with Crippen LogP contribution in [-0.2, 0) is 19.1 Å². The lowest BCUT2D eigenvalue weighted by Gasteiger charge is -2.29. The van der Waals surface area contributed by atoms with Crippen molar-refractivity contribution in [3.63, 3.8) is 0 Å². The predicted octanol–water partition coefficient (Wildman–Crippen LogP) is 8.43. The van der Waals surface area contributed by atoms with Crippen molar-refractivity contribution in [3.05, 3.63) is 35.2 Å². The van der Waals surface area contributed by atoms with Gasteiger partial charge in [-0.2, -0.15) is 0 Å². The van der Waals surface area contributed by atoms with Gasteiger partial charge in [-0.05, 0) is 85.6 Å². The second-order valence-corrected chi connectivity index (χ2v) is 14.1. The first-order valence-electron chi connectivity index (χ1n) is 15.1. The maximum atomic E-state index is 13.2. The second-order valence-electron chi connectivity index (χ2n) is 14.1. The number of hydrogen-bond donors (Lipinski definition) is 0. The molecule has 1 rings (SSSR count). The zero-order chi connectivity index (χ0) is 30.9. The van der Waals surface area contributed by atoms with Crippen LogP contribution in [-0.4, -0.2) is 47.3 Å². The molecule has 0 aliphatic carbocycles. The molecule has 0 radical (unpaired) electrons. The average molecular weight is 559 g/mol. The summed E-state index contributed by atoms with van der Waals surface area (Å²) in [5.74, 6) is 1.05. The molecule has 0 aromatic rings. The molecule has 0 spiro atoms. The number of Topliss-reactive ketones (excluding diaryl/α,β-unsaturated/α-hetero) is 1. The van der Waals surface area contributed by atoms with Crippen molar-refractivity contribution in [1.29, 1.82) is 0 Å². The van der Waals surface area contributed by atoms with Crippen LogP contribution in [0.4, 0.5) is 0 Å². The first-order valence-corrected chi connectivity index (χ1v) is 15.1. The SMILES string of the molecule is C\C=C(/N=C1\C(=C/CC)C=C(C(C)(C)C)N1C)C(=O)CCCCC(COC(C)(C)C)C(C)CC(=O)OC(C)(C)C. The Morgan fingerprint density at radius 2 is 1.65 bits per heavy atom. The molecule has 1 aliphatic rings. The van der Waals surface area contributed by atoms with Crippen molar-refractivity contribution in [3.8, 4) is 0 Å². The molecule has 0 bridgehead atoms. The molecule has 1 aliphatic heterocycles. The fourth-order valence-electron chi connectivity index (χ4n) is 4.77. The Kier molecular flexibility index (Phi) is 13.6. The lowest BCUT2D eigenvalue weighted by molar-refractivity contribution is -0.156. The molecule has 6 nitrogen and oxygen atoms in total. The van der Waals surface area contributed by atoms with Crippen LogP contribution in [0.15, 0.2) is 40.2 Å². The largest absolute Gasteiger partial charge is 0.460 e.